The van der Waals surface area contributed by atoms with Crippen LogP contribution in [0, 0.1) is 0 Å². The van der Waals surface area contributed by atoms with E-state index in [0.29, 0.717) is 35.1 Å². The summed E-state index contributed by atoms with van der Waals surface area (Å²) in [6, 6.07) is 24.8. The van der Waals surface area contributed by atoms with Crippen molar-refractivity contribution >= 4 is 23.1 Å². The van der Waals surface area contributed by atoms with Crippen molar-refractivity contribution in [3.05, 3.63) is 84.9 Å². The predicted molar refractivity (Wildman–Crippen MR) is 151 cm³/mol. The van der Waals surface area contributed by atoms with Crippen LogP contribution in [0.1, 0.15) is 39.5 Å². The van der Waals surface area contributed by atoms with E-state index in [4.69, 9.17) is 28.4 Å². The summed E-state index contributed by atoms with van der Waals surface area (Å²) in [5.74, 6) is 1.04. The number of fused-ring (bicyclic) bond motifs is 1. The van der Waals surface area contributed by atoms with Gasteiger partial charge in [-0.1, -0.05) is 87.4 Å². The van der Waals surface area contributed by atoms with Crippen LogP contribution in [0.15, 0.2) is 84.9 Å². The Labute approximate surface area is 233 Å². The van der Waals surface area contributed by atoms with E-state index in [1.165, 1.54) is 0 Å². The molecule has 0 spiro atoms. The number of benzene rings is 4. The second kappa shape index (κ2) is 14.4. The fourth-order valence-electron chi connectivity index (χ4n) is 3.76. The van der Waals surface area contributed by atoms with Gasteiger partial charge < -0.3 is 28.4 Å². The Morgan fingerprint density at radius 3 is 1.27 bits per heavy atom. The Morgan fingerprint density at radius 2 is 0.900 bits per heavy atom. The van der Waals surface area contributed by atoms with Gasteiger partial charge in [0.15, 0.2) is 11.5 Å². The van der Waals surface area contributed by atoms with Crippen molar-refractivity contribution in [2.45, 2.75) is 39.5 Å². The largest absolute Gasteiger partial charge is 0.513 e. The van der Waals surface area contributed by atoms with Gasteiger partial charge >= 0.3 is 12.3 Å². The van der Waals surface area contributed by atoms with Crippen LogP contribution < -0.4 is 18.9 Å². The normalized spacial score (nSPS) is 10.6. The molecule has 0 radical (unpaired) electrons. The van der Waals surface area contributed by atoms with Gasteiger partial charge in [0.05, 0.1) is 13.2 Å². The van der Waals surface area contributed by atoms with E-state index >= 15 is 0 Å². The van der Waals surface area contributed by atoms with Crippen LogP contribution in [0.2, 0.25) is 0 Å². The van der Waals surface area contributed by atoms with E-state index < -0.39 is 12.3 Å². The molecule has 0 unspecified atom stereocenters. The maximum Gasteiger partial charge on any atom is 0.513 e. The highest BCUT2D eigenvalue weighted by molar-refractivity contribution is 6.01. The maximum atomic E-state index is 12.8. The molecule has 0 heterocycles. The molecule has 8 nitrogen and oxygen atoms in total. The number of rotatable bonds is 12. The standard InChI is InChI=1S/C32H32O8/c1-3-5-21-35-31(33)39-27-25-19-13-14-20-26(25)28(40-32(34)36-22-6-4-2)30(38-24-17-11-8-12-18-24)29(27)37-23-15-9-7-10-16-23/h7-20H,3-6,21-22H2,1-2H3. The molecule has 0 amide bonds. The molecule has 0 aliphatic carbocycles. The number of carbonyl (C=O) groups excluding carboxylic acids is 2. The highest BCUT2D eigenvalue weighted by Crippen LogP contribution is 2.54. The van der Waals surface area contributed by atoms with E-state index in [-0.39, 0.29) is 36.2 Å². The van der Waals surface area contributed by atoms with Crippen molar-refractivity contribution < 1.29 is 38.0 Å². The minimum atomic E-state index is -0.894. The van der Waals surface area contributed by atoms with Gasteiger partial charge in [-0.3, -0.25) is 0 Å². The number of para-hydroxylation sites is 2. The van der Waals surface area contributed by atoms with Gasteiger partial charge in [-0.15, -0.1) is 0 Å². The molecule has 0 aliphatic heterocycles. The third-order valence-electron chi connectivity index (χ3n) is 5.77. The Kier molecular flexibility index (Phi) is 10.2. The van der Waals surface area contributed by atoms with E-state index in [9.17, 15) is 9.59 Å². The van der Waals surface area contributed by atoms with E-state index in [1.54, 1.807) is 72.8 Å². The number of hydrogen-bond acceptors (Lipinski definition) is 8. The van der Waals surface area contributed by atoms with Crippen molar-refractivity contribution in [2.24, 2.45) is 0 Å². The number of carbonyl (C=O) groups is 2. The SMILES string of the molecule is CCCCOC(=O)Oc1c(Oc2ccccc2)c(Oc2ccccc2)c(OC(=O)OCCCC)c2ccccc12. The Hall–Kier alpha value is -4.72. The minimum absolute atomic E-state index is 0.0255. The molecule has 208 valence electrons. The molecule has 0 aromatic heterocycles. The van der Waals surface area contributed by atoms with Gasteiger partial charge in [0.25, 0.3) is 0 Å². The quantitative estimate of drug-likeness (QED) is 0.0991. The smallest absolute Gasteiger partial charge is 0.449 e. The summed E-state index contributed by atoms with van der Waals surface area (Å²) < 4.78 is 34.6. The number of ether oxygens (including phenoxy) is 6. The first kappa shape index (κ1) is 28.3. The maximum absolute atomic E-state index is 12.8. The molecular formula is C32H32O8. The van der Waals surface area contributed by atoms with Crippen molar-refractivity contribution in [2.75, 3.05) is 13.2 Å². The van der Waals surface area contributed by atoms with Gasteiger partial charge in [-0.2, -0.15) is 0 Å². The first-order chi connectivity index (χ1) is 19.6. The van der Waals surface area contributed by atoms with E-state index in [2.05, 4.69) is 0 Å². The molecule has 0 bridgehead atoms. The van der Waals surface area contributed by atoms with Crippen molar-refractivity contribution in [1.29, 1.82) is 0 Å². The summed E-state index contributed by atoms with van der Waals surface area (Å²) in [6.07, 6.45) is 1.31. The molecule has 40 heavy (non-hydrogen) atoms. The Balaban J connectivity index is 1.90. The Morgan fingerprint density at radius 1 is 0.525 bits per heavy atom. The average Bonchev–Trinajstić information content (AvgIpc) is 2.98. The van der Waals surface area contributed by atoms with Gasteiger partial charge in [0, 0.05) is 10.8 Å². The highest BCUT2D eigenvalue weighted by Gasteiger charge is 2.29. The summed E-state index contributed by atoms with van der Waals surface area (Å²) in [5, 5.41) is 0.885. The predicted octanol–water partition coefficient (Wildman–Crippen LogP) is 9.06. The number of unbranched alkanes of at least 4 members (excludes halogenated alkanes) is 2. The summed E-state index contributed by atoms with van der Waals surface area (Å²) in [4.78, 5) is 25.5. The third kappa shape index (κ3) is 7.44. The van der Waals surface area contributed by atoms with Crippen LogP contribution >= 0.6 is 0 Å². The molecule has 4 aromatic carbocycles. The fourth-order valence-corrected chi connectivity index (χ4v) is 3.76. The summed E-state index contributed by atoms with van der Waals surface area (Å²) in [5.41, 5.74) is 0. The van der Waals surface area contributed by atoms with Crippen molar-refractivity contribution in [3.8, 4) is 34.5 Å². The lowest BCUT2D eigenvalue weighted by Gasteiger charge is -2.21. The number of hydrogen-bond donors (Lipinski definition) is 0. The van der Waals surface area contributed by atoms with Crippen LogP contribution in [-0.4, -0.2) is 25.5 Å². The van der Waals surface area contributed by atoms with Crippen LogP contribution in [0.3, 0.4) is 0 Å². The molecule has 0 saturated heterocycles. The lowest BCUT2D eigenvalue weighted by molar-refractivity contribution is 0.0948. The lowest BCUT2D eigenvalue weighted by Crippen LogP contribution is -2.14. The minimum Gasteiger partial charge on any atom is -0.449 e. The van der Waals surface area contributed by atoms with Crippen LogP contribution in [0.25, 0.3) is 10.8 Å². The zero-order chi connectivity index (χ0) is 28.2. The van der Waals surface area contributed by atoms with Crippen LogP contribution in [0.5, 0.6) is 34.5 Å². The summed E-state index contributed by atoms with van der Waals surface area (Å²) >= 11 is 0. The fraction of sp³-hybridized carbons (Fsp3) is 0.250. The zero-order valence-corrected chi connectivity index (χ0v) is 22.6. The highest BCUT2D eigenvalue weighted by atomic mass is 16.7. The van der Waals surface area contributed by atoms with Gasteiger partial charge in [0.1, 0.15) is 11.5 Å². The second-order valence-corrected chi connectivity index (χ2v) is 8.80. The molecule has 0 atom stereocenters. The zero-order valence-electron chi connectivity index (χ0n) is 22.6. The first-order valence-corrected chi connectivity index (χ1v) is 13.3. The summed E-state index contributed by atoms with van der Waals surface area (Å²) in [6.45, 7) is 4.40. The van der Waals surface area contributed by atoms with Gasteiger partial charge in [-0.25, -0.2) is 9.59 Å². The third-order valence-corrected chi connectivity index (χ3v) is 5.77. The molecular weight excluding hydrogens is 512 g/mol. The first-order valence-electron chi connectivity index (χ1n) is 13.3. The Bertz CT molecular complexity index is 1300. The van der Waals surface area contributed by atoms with Gasteiger partial charge in [0.2, 0.25) is 11.5 Å². The van der Waals surface area contributed by atoms with Crippen LogP contribution in [0.4, 0.5) is 9.59 Å². The molecule has 0 fully saturated rings. The van der Waals surface area contributed by atoms with Crippen molar-refractivity contribution in [1.82, 2.24) is 0 Å². The molecule has 0 saturated carbocycles. The monoisotopic (exact) mass is 544 g/mol. The lowest BCUT2D eigenvalue weighted by atomic mass is 10.1. The van der Waals surface area contributed by atoms with Crippen LogP contribution in [-0.2, 0) is 9.47 Å². The van der Waals surface area contributed by atoms with Gasteiger partial charge in [-0.05, 0) is 37.1 Å². The van der Waals surface area contributed by atoms with E-state index in [0.717, 1.165) is 12.8 Å². The molecule has 8 heteroatoms. The topological polar surface area (TPSA) is 89.5 Å². The average molecular weight is 545 g/mol. The van der Waals surface area contributed by atoms with E-state index in [1.807, 2.05) is 26.0 Å². The van der Waals surface area contributed by atoms with Crippen molar-refractivity contribution in [3.63, 3.8) is 0 Å². The molecule has 4 aromatic rings. The summed E-state index contributed by atoms with van der Waals surface area (Å²) in [7, 11) is 0. The molecule has 4 rings (SSSR count). The molecule has 0 aliphatic rings. The second-order valence-electron chi connectivity index (χ2n) is 8.80. The molecule has 0 N–H and O–H groups in total.